The Morgan fingerprint density at radius 2 is 1.39 bits per heavy atom. The van der Waals surface area contributed by atoms with E-state index in [1.165, 1.54) is 0 Å². The molecule has 0 radical (unpaired) electrons. The molecule has 272 valence electrons. The van der Waals surface area contributed by atoms with Gasteiger partial charge in [-0.1, -0.05) is 44.2 Å². The van der Waals surface area contributed by atoms with E-state index in [-0.39, 0.29) is 26.1 Å². The first-order valence-electron chi connectivity index (χ1n) is 15.9. The molecule has 0 fully saturated rings. The van der Waals surface area contributed by atoms with Gasteiger partial charge < -0.3 is 29.6 Å². The van der Waals surface area contributed by atoms with Crippen molar-refractivity contribution < 1.29 is 52.5 Å². The van der Waals surface area contributed by atoms with Crippen LogP contribution in [-0.2, 0) is 54.3 Å². The topological polar surface area (TPSA) is 196 Å². The molecule has 1 aromatic carbocycles. The van der Waals surface area contributed by atoms with Crippen LogP contribution in [0.25, 0.3) is 0 Å². The van der Waals surface area contributed by atoms with Crippen molar-refractivity contribution in [3.8, 4) is 0 Å². The third-order valence-electron chi connectivity index (χ3n) is 5.99. The van der Waals surface area contributed by atoms with Gasteiger partial charge in [0.15, 0.2) is 0 Å². The molecule has 0 aliphatic rings. The van der Waals surface area contributed by atoms with Crippen molar-refractivity contribution >= 4 is 41.7 Å². The highest BCUT2D eigenvalue weighted by Crippen LogP contribution is 2.12. The fraction of sp³-hybridized carbons (Fsp3) is 0.559. The quantitative estimate of drug-likeness (QED) is 0.106. The summed E-state index contributed by atoms with van der Waals surface area (Å²) in [6, 6.07) is 6.19. The van der Waals surface area contributed by atoms with Crippen LogP contribution in [0.3, 0.4) is 0 Å². The molecule has 1 rings (SSSR count). The van der Waals surface area contributed by atoms with Gasteiger partial charge in [0.05, 0.1) is 6.61 Å². The van der Waals surface area contributed by atoms with Gasteiger partial charge in [0, 0.05) is 18.6 Å². The van der Waals surface area contributed by atoms with Crippen LogP contribution in [0.5, 0.6) is 0 Å². The summed E-state index contributed by atoms with van der Waals surface area (Å²) in [6.45, 7) is 13.9. The number of ether oxygens (including phenoxy) is 4. The van der Waals surface area contributed by atoms with Crippen LogP contribution in [0.4, 0.5) is 4.79 Å². The highest BCUT2D eigenvalue weighted by atomic mass is 16.6. The standard InChI is InChI=1S/C34H50N4O11/c1-10-46-26(40)19-17-25(39)38(20-28(42)49-34(7,8)9)37-31(44)29(22(2)3)36-30(43)24(16-18-27(41)48-33(4,5)6)35-32(45)47-21-23-14-12-11-13-15-23/h11-15,17,19,22,24,29H,10,16,18,20-21H2,1-9H3,(H,35,45)(H,36,43)(H,37,44)/b19-17+/t24-,29-/m0/s1. The van der Waals surface area contributed by atoms with Crippen LogP contribution in [0, 0.1) is 5.92 Å². The lowest BCUT2D eigenvalue weighted by Crippen LogP contribution is -2.59. The Kier molecular flexibility index (Phi) is 17.0. The Bertz CT molecular complexity index is 1330. The number of amides is 4. The normalized spacial score (nSPS) is 12.7. The zero-order valence-electron chi connectivity index (χ0n) is 29.7. The minimum atomic E-state index is -1.34. The number of esters is 3. The van der Waals surface area contributed by atoms with Crippen LogP contribution in [0.2, 0.25) is 0 Å². The van der Waals surface area contributed by atoms with E-state index in [4.69, 9.17) is 18.9 Å². The van der Waals surface area contributed by atoms with Gasteiger partial charge in [0.1, 0.15) is 36.4 Å². The molecule has 1 aromatic rings. The molecular formula is C34H50N4O11. The van der Waals surface area contributed by atoms with Crippen molar-refractivity contribution in [2.45, 2.75) is 105 Å². The van der Waals surface area contributed by atoms with E-state index in [9.17, 15) is 33.6 Å². The number of nitrogens with zero attached hydrogens (tertiary/aromatic N) is 1. The van der Waals surface area contributed by atoms with E-state index in [0.29, 0.717) is 10.6 Å². The molecule has 0 saturated heterocycles. The average molecular weight is 691 g/mol. The van der Waals surface area contributed by atoms with Gasteiger partial charge >= 0.3 is 24.0 Å². The summed E-state index contributed by atoms with van der Waals surface area (Å²) in [5, 5.41) is 5.62. The van der Waals surface area contributed by atoms with Crippen molar-refractivity contribution in [2.24, 2.45) is 5.92 Å². The zero-order chi connectivity index (χ0) is 37.4. The molecular weight excluding hydrogens is 640 g/mol. The van der Waals surface area contributed by atoms with E-state index in [2.05, 4.69) is 16.1 Å². The molecule has 0 aliphatic heterocycles. The van der Waals surface area contributed by atoms with Gasteiger partial charge in [0.25, 0.3) is 11.8 Å². The van der Waals surface area contributed by atoms with Crippen LogP contribution >= 0.6 is 0 Å². The number of hydrogen-bond acceptors (Lipinski definition) is 11. The van der Waals surface area contributed by atoms with Gasteiger partial charge in [0.2, 0.25) is 5.91 Å². The van der Waals surface area contributed by atoms with Crippen LogP contribution in [0.1, 0.15) is 80.7 Å². The molecule has 15 nitrogen and oxygen atoms in total. The Hall–Kier alpha value is -4.95. The van der Waals surface area contributed by atoms with Crippen LogP contribution in [-0.4, -0.2) is 83.2 Å². The van der Waals surface area contributed by atoms with Crippen molar-refractivity contribution in [2.75, 3.05) is 13.2 Å². The zero-order valence-corrected chi connectivity index (χ0v) is 29.7. The summed E-state index contributed by atoms with van der Waals surface area (Å²) >= 11 is 0. The summed E-state index contributed by atoms with van der Waals surface area (Å²) in [5.74, 6) is -5.57. The third-order valence-corrected chi connectivity index (χ3v) is 5.99. The maximum absolute atomic E-state index is 13.5. The van der Waals surface area contributed by atoms with Crippen LogP contribution in [0.15, 0.2) is 42.5 Å². The molecule has 0 aliphatic carbocycles. The number of hydrogen-bond donors (Lipinski definition) is 3. The summed E-state index contributed by atoms with van der Waals surface area (Å²) in [6.07, 6.45) is 0.247. The van der Waals surface area contributed by atoms with Crippen molar-refractivity contribution in [3.63, 3.8) is 0 Å². The lowest BCUT2D eigenvalue weighted by atomic mass is 10.0. The molecule has 15 heteroatoms. The maximum Gasteiger partial charge on any atom is 0.408 e. The van der Waals surface area contributed by atoms with Gasteiger partial charge in [-0.25, -0.2) is 14.6 Å². The molecule has 49 heavy (non-hydrogen) atoms. The number of nitrogens with one attached hydrogen (secondary N) is 3. The number of hydrazine groups is 1. The highest BCUT2D eigenvalue weighted by Gasteiger charge is 2.32. The van der Waals surface area contributed by atoms with Crippen LogP contribution < -0.4 is 16.1 Å². The Morgan fingerprint density at radius 3 is 1.94 bits per heavy atom. The van der Waals surface area contributed by atoms with E-state index in [0.717, 1.165) is 12.2 Å². The molecule has 3 N–H and O–H groups in total. The van der Waals surface area contributed by atoms with E-state index >= 15 is 0 Å². The second kappa shape index (κ2) is 19.8. The number of carbonyl (C=O) groups is 7. The molecule has 4 amide bonds. The monoisotopic (exact) mass is 690 g/mol. The van der Waals surface area contributed by atoms with Crippen molar-refractivity contribution in [3.05, 3.63) is 48.0 Å². The SMILES string of the molecule is CCOC(=O)/C=C/C(=O)N(CC(=O)OC(C)(C)C)NC(=O)[C@@H](NC(=O)[C@H](CCC(=O)OC(C)(C)C)NC(=O)OCc1ccccc1)C(C)C. The predicted octanol–water partition coefficient (Wildman–Crippen LogP) is 2.86. The van der Waals surface area contributed by atoms with Gasteiger partial charge in [-0.15, -0.1) is 0 Å². The molecule has 2 atom stereocenters. The largest absolute Gasteiger partial charge is 0.463 e. The Morgan fingerprint density at radius 1 is 0.796 bits per heavy atom. The molecule has 0 heterocycles. The van der Waals surface area contributed by atoms with Gasteiger partial charge in [-0.05, 0) is 66.4 Å². The smallest absolute Gasteiger partial charge is 0.408 e. The first kappa shape index (κ1) is 42.1. The van der Waals surface area contributed by atoms with Crippen molar-refractivity contribution in [1.82, 2.24) is 21.1 Å². The second-order valence-corrected chi connectivity index (χ2v) is 13.2. The molecule has 0 spiro atoms. The summed E-state index contributed by atoms with van der Waals surface area (Å²) < 4.78 is 20.6. The number of rotatable bonds is 15. The van der Waals surface area contributed by atoms with Gasteiger partial charge in [-0.2, -0.15) is 0 Å². The maximum atomic E-state index is 13.5. The minimum Gasteiger partial charge on any atom is -0.463 e. The summed E-state index contributed by atoms with van der Waals surface area (Å²) in [7, 11) is 0. The first-order chi connectivity index (χ1) is 22.7. The highest BCUT2D eigenvalue weighted by molar-refractivity contribution is 5.98. The number of alkyl carbamates (subject to hydrolysis) is 1. The fourth-order valence-corrected chi connectivity index (χ4v) is 3.92. The van der Waals surface area contributed by atoms with Crippen molar-refractivity contribution in [1.29, 1.82) is 0 Å². The molecule has 0 saturated carbocycles. The summed E-state index contributed by atoms with van der Waals surface area (Å²) in [4.78, 5) is 89.5. The first-order valence-corrected chi connectivity index (χ1v) is 15.9. The molecule has 0 bridgehead atoms. The second-order valence-electron chi connectivity index (χ2n) is 13.2. The lowest BCUT2D eigenvalue weighted by molar-refractivity contribution is -0.160. The third kappa shape index (κ3) is 18.2. The number of carbonyl (C=O) groups excluding carboxylic acids is 7. The number of benzene rings is 1. The lowest BCUT2D eigenvalue weighted by Gasteiger charge is -2.29. The average Bonchev–Trinajstić information content (AvgIpc) is 2.97. The Labute approximate surface area is 287 Å². The molecule has 0 aromatic heterocycles. The Balaban J connectivity index is 3.20. The predicted molar refractivity (Wildman–Crippen MR) is 177 cm³/mol. The molecule has 0 unspecified atom stereocenters. The van der Waals surface area contributed by atoms with E-state index in [1.807, 2.05) is 0 Å². The van der Waals surface area contributed by atoms with E-state index in [1.54, 1.807) is 92.6 Å². The van der Waals surface area contributed by atoms with E-state index < -0.39 is 77.5 Å². The fourth-order valence-electron chi connectivity index (χ4n) is 3.92. The summed E-state index contributed by atoms with van der Waals surface area (Å²) in [5.41, 5.74) is 1.32. The minimum absolute atomic E-state index is 0.0594. The van der Waals surface area contributed by atoms with Gasteiger partial charge in [-0.3, -0.25) is 29.4 Å².